The molecule has 0 unspecified atom stereocenters. The molecule has 0 saturated heterocycles. The number of alkyl halides is 3. The number of rotatable bonds is 2. The molecule has 1 nitrogen and oxygen atoms in total. The zero-order chi connectivity index (χ0) is 9.14. The third kappa shape index (κ3) is 2.09. The van der Waals surface area contributed by atoms with Crippen molar-refractivity contribution in [1.82, 2.24) is 4.98 Å². The highest BCUT2D eigenvalue weighted by Gasteiger charge is 2.13. The summed E-state index contributed by atoms with van der Waals surface area (Å²) in [5, 5.41) is 0. The highest BCUT2D eigenvalue weighted by atomic mass is 127. The van der Waals surface area contributed by atoms with Gasteiger partial charge < -0.3 is 0 Å². The van der Waals surface area contributed by atoms with Gasteiger partial charge in [0.1, 0.15) is 6.67 Å². The average molecular weight is 287 g/mol. The predicted octanol–water partition coefficient (Wildman–Crippen LogP) is 3.09. The first kappa shape index (κ1) is 9.76. The molecule has 5 heteroatoms. The predicted molar refractivity (Wildman–Crippen MR) is 46.7 cm³/mol. The van der Waals surface area contributed by atoms with E-state index in [1.54, 1.807) is 0 Å². The van der Waals surface area contributed by atoms with Crippen LogP contribution in [0.2, 0.25) is 0 Å². The second-order valence-corrected chi connectivity index (χ2v) is 3.37. The third-order valence-electron chi connectivity index (χ3n) is 1.33. The first-order valence-electron chi connectivity index (χ1n) is 3.13. The summed E-state index contributed by atoms with van der Waals surface area (Å²) in [6.07, 6.45) is -1.29. The van der Waals surface area contributed by atoms with Crippen molar-refractivity contribution in [3.05, 3.63) is 27.1 Å². The molecule has 0 saturated carbocycles. The lowest BCUT2D eigenvalue weighted by molar-refractivity contribution is 0.148. The molecule has 66 valence electrons. The van der Waals surface area contributed by atoms with Gasteiger partial charge in [-0.05, 0) is 28.7 Å². The van der Waals surface area contributed by atoms with E-state index < -0.39 is 13.1 Å². The molecule has 0 atom stereocenters. The zero-order valence-corrected chi connectivity index (χ0v) is 8.06. The van der Waals surface area contributed by atoms with Gasteiger partial charge in [0.05, 0.1) is 5.69 Å². The van der Waals surface area contributed by atoms with Crippen LogP contribution in [0.3, 0.4) is 0 Å². The van der Waals surface area contributed by atoms with Gasteiger partial charge in [-0.1, -0.05) is 0 Å². The average Bonchev–Trinajstić information content (AvgIpc) is 2.04. The number of aromatic nitrogens is 1. The van der Waals surface area contributed by atoms with Crippen LogP contribution in [-0.4, -0.2) is 4.98 Å². The van der Waals surface area contributed by atoms with Gasteiger partial charge in [0, 0.05) is 15.3 Å². The largest absolute Gasteiger partial charge is 0.265 e. The molecule has 0 aliphatic rings. The molecule has 0 bridgehead atoms. The van der Waals surface area contributed by atoms with Crippen LogP contribution in [-0.2, 0) is 6.67 Å². The summed E-state index contributed by atoms with van der Waals surface area (Å²) in [7, 11) is 0. The van der Waals surface area contributed by atoms with Crippen LogP contribution in [0.1, 0.15) is 17.7 Å². The number of nitrogens with zero attached hydrogens (tertiary/aromatic N) is 1. The van der Waals surface area contributed by atoms with Crippen molar-refractivity contribution in [2.75, 3.05) is 0 Å². The Morgan fingerprint density at radius 2 is 2.17 bits per heavy atom. The highest BCUT2D eigenvalue weighted by Crippen LogP contribution is 2.23. The lowest BCUT2D eigenvalue weighted by Gasteiger charge is -2.04. The molecule has 0 aromatic carbocycles. The van der Waals surface area contributed by atoms with Crippen molar-refractivity contribution in [2.24, 2.45) is 0 Å². The van der Waals surface area contributed by atoms with E-state index in [1.165, 1.54) is 12.3 Å². The van der Waals surface area contributed by atoms with Gasteiger partial charge >= 0.3 is 0 Å². The molecular weight excluding hydrogens is 282 g/mol. The van der Waals surface area contributed by atoms with Gasteiger partial charge in [-0.15, -0.1) is 0 Å². The molecule has 1 rings (SSSR count). The van der Waals surface area contributed by atoms with E-state index >= 15 is 0 Å². The summed E-state index contributed by atoms with van der Waals surface area (Å²) in [6.45, 7) is -0.948. The molecule has 0 aliphatic carbocycles. The van der Waals surface area contributed by atoms with Gasteiger partial charge in [-0.3, -0.25) is 4.98 Å². The quantitative estimate of drug-likeness (QED) is 0.762. The van der Waals surface area contributed by atoms with E-state index in [9.17, 15) is 13.2 Å². The van der Waals surface area contributed by atoms with Crippen molar-refractivity contribution in [2.45, 2.75) is 13.1 Å². The molecule has 1 aromatic heterocycles. The molecule has 0 aliphatic heterocycles. The number of hydrogen-bond donors (Lipinski definition) is 0. The Morgan fingerprint density at radius 3 is 2.67 bits per heavy atom. The van der Waals surface area contributed by atoms with Crippen LogP contribution in [0.5, 0.6) is 0 Å². The van der Waals surface area contributed by atoms with Crippen molar-refractivity contribution < 1.29 is 13.2 Å². The lowest BCUT2D eigenvalue weighted by Crippen LogP contribution is -1.96. The molecule has 0 N–H and O–H groups in total. The van der Waals surface area contributed by atoms with Gasteiger partial charge in [0.15, 0.2) is 0 Å². The minimum Gasteiger partial charge on any atom is -0.257 e. The monoisotopic (exact) mass is 287 g/mol. The summed E-state index contributed by atoms with van der Waals surface area (Å²) in [5.41, 5.74) is -0.491. The second kappa shape index (κ2) is 4.06. The summed E-state index contributed by atoms with van der Waals surface area (Å²) in [4.78, 5) is 3.56. The smallest absolute Gasteiger partial charge is 0.257 e. The van der Waals surface area contributed by atoms with Crippen LogP contribution in [0, 0.1) is 3.57 Å². The minimum atomic E-state index is -2.65. The summed E-state index contributed by atoms with van der Waals surface area (Å²) in [6, 6.07) is 1.24. The number of hydrogen-bond acceptors (Lipinski definition) is 1. The maximum Gasteiger partial charge on any atom is 0.265 e. The van der Waals surface area contributed by atoms with Gasteiger partial charge in [-0.25, -0.2) is 13.2 Å². The van der Waals surface area contributed by atoms with Crippen LogP contribution in [0.25, 0.3) is 0 Å². The fourth-order valence-corrected chi connectivity index (χ4v) is 1.26. The maximum atomic E-state index is 12.2. The second-order valence-electron chi connectivity index (χ2n) is 2.12. The fourth-order valence-electron chi connectivity index (χ4n) is 0.784. The van der Waals surface area contributed by atoms with E-state index in [1.807, 2.05) is 22.6 Å². The van der Waals surface area contributed by atoms with Crippen molar-refractivity contribution in [1.29, 1.82) is 0 Å². The van der Waals surface area contributed by atoms with Crippen LogP contribution in [0.15, 0.2) is 12.3 Å². The summed E-state index contributed by atoms with van der Waals surface area (Å²) >= 11 is 1.85. The van der Waals surface area contributed by atoms with E-state index in [-0.39, 0.29) is 11.3 Å². The van der Waals surface area contributed by atoms with E-state index in [0.717, 1.165) is 0 Å². The Bertz CT molecular complexity index is 277. The molecule has 0 radical (unpaired) electrons. The zero-order valence-electron chi connectivity index (χ0n) is 5.90. The number of halogens is 4. The van der Waals surface area contributed by atoms with Crippen LogP contribution >= 0.6 is 22.6 Å². The fraction of sp³-hybridized carbons (Fsp3) is 0.286. The molecule has 12 heavy (non-hydrogen) atoms. The lowest BCUT2D eigenvalue weighted by atomic mass is 10.2. The molecule has 1 heterocycles. The number of pyridine rings is 1. The van der Waals surface area contributed by atoms with Crippen molar-refractivity contribution >= 4 is 22.6 Å². The Morgan fingerprint density at radius 1 is 1.50 bits per heavy atom. The third-order valence-corrected chi connectivity index (χ3v) is 1.92. The highest BCUT2D eigenvalue weighted by molar-refractivity contribution is 14.1. The molecular formula is C7H5F3IN. The topological polar surface area (TPSA) is 12.9 Å². The van der Waals surface area contributed by atoms with E-state index in [0.29, 0.717) is 3.57 Å². The van der Waals surface area contributed by atoms with E-state index in [2.05, 4.69) is 4.98 Å². The standard InChI is InChI=1S/C7H5F3IN/c8-2-6-5(7(9)10)1-4(11)3-12-6/h1,3,7H,2H2. The SMILES string of the molecule is FCc1ncc(I)cc1C(F)F. The Balaban J connectivity index is 3.12. The van der Waals surface area contributed by atoms with Gasteiger partial charge in [0.2, 0.25) is 0 Å². The Hall–Kier alpha value is -0.330. The van der Waals surface area contributed by atoms with Gasteiger partial charge in [0.25, 0.3) is 6.43 Å². The summed E-state index contributed by atoms with van der Waals surface area (Å²) in [5.74, 6) is 0. The van der Waals surface area contributed by atoms with Crippen molar-refractivity contribution in [3.63, 3.8) is 0 Å². The van der Waals surface area contributed by atoms with E-state index in [4.69, 9.17) is 0 Å². The molecule has 1 aromatic rings. The first-order valence-corrected chi connectivity index (χ1v) is 4.21. The normalized spacial score (nSPS) is 10.8. The van der Waals surface area contributed by atoms with Crippen LogP contribution in [0.4, 0.5) is 13.2 Å². The summed E-state index contributed by atoms with van der Waals surface area (Å²) < 4.78 is 37.0. The Labute approximate surface area is 81.1 Å². The van der Waals surface area contributed by atoms with Gasteiger partial charge in [-0.2, -0.15) is 0 Å². The molecule has 0 fully saturated rings. The van der Waals surface area contributed by atoms with Crippen molar-refractivity contribution in [3.8, 4) is 0 Å². The minimum absolute atomic E-state index is 0.176. The molecule has 0 amide bonds. The maximum absolute atomic E-state index is 12.2. The van der Waals surface area contributed by atoms with Crippen LogP contribution < -0.4 is 0 Å². The molecule has 0 spiro atoms. The Kier molecular flexibility index (Phi) is 3.30. The first-order chi connectivity index (χ1) is 5.65.